The van der Waals surface area contributed by atoms with Crippen molar-refractivity contribution in [3.63, 3.8) is 0 Å². The predicted molar refractivity (Wildman–Crippen MR) is 63.4 cm³/mol. The van der Waals surface area contributed by atoms with E-state index in [-0.39, 0.29) is 12.5 Å². The van der Waals surface area contributed by atoms with Gasteiger partial charge in [0, 0.05) is 6.54 Å². The highest BCUT2D eigenvalue weighted by Gasteiger charge is 2.04. The van der Waals surface area contributed by atoms with Crippen molar-refractivity contribution in [2.24, 2.45) is 5.73 Å². The van der Waals surface area contributed by atoms with E-state index >= 15 is 0 Å². The molecule has 88 valence electrons. The van der Waals surface area contributed by atoms with E-state index in [9.17, 15) is 4.79 Å². The average Bonchev–Trinajstić information content (AvgIpc) is 2.29. The number of likely N-dealkylation sites (N-methyl/N-ethyl adjacent to an activating group) is 1. The second-order valence-corrected chi connectivity index (χ2v) is 3.39. The molecular weight excluding hydrogens is 204 g/mol. The number of nitrogens with two attached hydrogens (primary N) is 1. The molecule has 0 aliphatic heterocycles. The third kappa shape index (κ3) is 3.90. The van der Waals surface area contributed by atoms with Crippen LogP contribution in [0, 0.1) is 0 Å². The van der Waals surface area contributed by atoms with Gasteiger partial charge in [-0.15, -0.1) is 0 Å². The van der Waals surface area contributed by atoms with Crippen molar-refractivity contribution in [2.45, 2.75) is 13.3 Å². The molecule has 0 heterocycles. The van der Waals surface area contributed by atoms with E-state index < -0.39 is 0 Å². The second kappa shape index (κ2) is 6.85. The highest BCUT2D eigenvalue weighted by Crippen LogP contribution is 2.17. The molecule has 0 fully saturated rings. The van der Waals surface area contributed by atoms with E-state index in [1.165, 1.54) is 0 Å². The lowest BCUT2D eigenvalue weighted by molar-refractivity contribution is -0.122. The number of hydrogen-bond donors (Lipinski definition) is 2. The number of para-hydroxylation sites is 1. The summed E-state index contributed by atoms with van der Waals surface area (Å²) in [5.41, 5.74) is 6.53. The zero-order valence-electron chi connectivity index (χ0n) is 9.53. The summed E-state index contributed by atoms with van der Waals surface area (Å²) in [7, 11) is 0. The zero-order valence-corrected chi connectivity index (χ0v) is 9.53. The number of ether oxygens (including phenoxy) is 1. The van der Waals surface area contributed by atoms with E-state index in [1.807, 2.05) is 31.2 Å². The minimum absolute atomic E-state index is 0.0510. The topological polar surface area (TPSA) is 64.3 Å². The Morgan fingerprint density at radius 2 is 2.19 bits per heavy atom. The number of nitrogens with one attached hydrogen (secondary N) is 1. The molecule has 0 radical (unpaired) electrons. The molecule has 0 spiro atoms. The lowest BCUT2D eigenvalue weighted by Crippen LogP contribution is -2.28. The van der Waals surface area contributed by atoms with Crippen molar-refractivity contribution in [3.8, 4) is 5.75 Å². The molecule has 1 aromatic rings. The van der Waals surface area contributed by atoms with Crippen LogP contribution in [0.15, 0.2) is 24.3 Å². The first kappa shape index (κ1) is 12.5. The van der Waals surface area contributed by atoms with Crippen molar-refractivity contribution in [1.29, 1.82) is 0 Å². The van der Waals surface area contributed by atoms with Crippen LogP contribution in [0.2, 0.25) is 0 Å². The van der Waals surface area contributed by atoms with Gasteiger partial charge < -0.3 is 15.8 Å². The fourth-order valence-electron chi connectivity index (χ4n) is 1.40. The van der Waals surface area contributed by atoms with Crippen LogP contribution in [0.25, 0.3) is 0 Å². The van der Waals surface area contributed by atoms with Gasteiger partial charge in [0.05, 0.1) is 0 Å². The molecule has 4 nitrogen and oxygen atoms in total. The molecule has 0 bridgehead atoms. The molecule has 0 unspecified atom stereocenters. The first-order valence-corrected chi connectivity index (χ1v) is 5.45. The van der Waals surface area contributed by atoms with Crippen LogP contribution in [0.5, 0.6) is 5.75 Å². The van der Waals surface area contributed by atoms with Gasteiger partial charge in [-0.1, -0.05) is 18.2 Å². The number of carbonyl (C=O) groups is 1. The van der Waals surface area contributed by atoms with Crippen molar-refractivity contribution < 1.29 is 9.53 Å². The second-order valence-electron chi connectivity index (χ2n) is 3.39. The summed E-state index contributed by atoms with van der Waals surface area (Å²) in [6.07, 6.45) is 0.756. The third-order valence-corrected chi connectivity index (χ3v) is 2.12. The molecule has 1 rings (SSSR count). The zero-order chi connectivity index (χ0) is 11.8. The largest absolute Gasteiger partial charge is 0.483 e. The highest BCUT2D eigenvalue weighted by atomic mass is 16.5. The lowest BCUT2D eigenvalue weighted by Gasteiger charge is -2.10. The molecule has 16 heavy (non-hydrogen) atoms. The van der Waals surface area contributed by atoms with Gasteiger partial charge in [0.2, 0.25) is 0 Å². The van der Waals surface area contributed by atoms with Gasteiger partial charge in [-0.2, -0.15) is 0 Å². The average molecular weight is 222 g/mol. The Hall–Kier alpha value is -1.55. The maximum absolute atomic E-state index is 11.2. The van der Waals surface area contributed by atoms with Gasteiger partial charge >= 0.3 is 0 Å². The Kier molecular flexibility index (Phi) is 5.36. The van der Waals surface area contributed by atoms with E-state index in [1.54, 1.807) is 0 Å². The summed E-state index contributed by atoms with van der Waals surface area (Å²) in [5.74, 6) is 0.629. The molecule has 1 aromatic carbocycles. The minimum Gasteiger partial charge on any atom is -0.483 e. The molecule has 0 atom stereocenters. The summed E-state index contributed by atoms with van der Waals surface area (Å²) < 4.78 is 5.44. The van der Waals surface area contributed by atoms with E-state index in [0.29, 0.717) is 13.1 Å². The monoisotopic (exact) mass is 222 g/mol. The van der Waals surface area contributed by atoms with E-state index in [2.05, 4.69) is 5.32 Å². The standard InChI is InChI=1S/C12H18N2O2/c1-2-14-12(15)9-16-11-6-4-3-5-10(11)7-8-13/h3-6H,2,7-9,13H2,1H3,(H,14,15). The first-order chi connectivity index (χ1) is 7.77. The summed E-state index contributed by atoms with van der Waals surface area (Å²) in [5, 5.41) is 2.68. The Morgan fingerprint density at radius 1 is 1.44 bits per heavy atom. The van der Waals surface area contributed by atoms with Gasteiger partial charge in [0.15, 0.2) is 6.61 Å². The van der Waals surface area contributed by atoms with Gasteiger partial charge in [-0.3, -0.25) is 4.79 Å². The van der Waals surface area contributed by atoms with Crippen molar-refractivity contribution in [2.75, 3.05) is 19.7 Å². The molecule has 0 aliphatic rings. The number of amides is 1. The number of carbonyl (C=O) groups excluding carboxylic acids is 1. The molecule has 3 N–H and O–H groups in total. The molecule has 0 saturated heterocycles. The van der Waals surface area contributed by atoms with Crippen LogP contribution >= 0.6 is 0 Å². The van der Waals surface area contributed by atoms with Gasteiger partial charge in [0.1, 0.15) is 5.75 Å². The van der Waals surface area contributed by atoms with Crippen LogP contribution in [0.4, 0.5) is 0 Å². The number of rotatable bonds is 6. The van der Waals surface area contributed by atoms with Crippen molar-refractivity contribution in [1.82, 2.24) is 5.32 Å². The highest BCUT2D eigenvalue weighted by molar-refractivity contribution is 5.77. The number of hydrogen-bond acceptors (Lipinski definition) is 3. The quantitative estimate of drug-likeness (QED) is 0.744. The van der Waals surface area contributed by atoms with Crippen LogP contribution in [-0.4, -0.2) is 25.6 Å². The van der Waals surface area contributed by atoms with Gasteiger partial charge in [-0.25, -0.2) is 0 Å². The smallest absolute Gasteiger partial charge is 0.257 e. The fourth-order valence-corrected chi connectivity index (χ4v) is 1.40. The number of benzene rings is 1. The molecule has 4 heteroatoms. The third-order valence-electron chi connectivity index (χ3n) is 2.12. The Bertz CT molecular complexity index is 340. The summed E-state index contributed by atoms with van der Waals surface area (Å²) in [4.78, 5) is 11.2. The Labute approximate surface area is 95.8 Å². The van der Waals surface area contributed by atoms with Crippen LogP contribution in [0.1, 0.15) is 12.5 Å². The first-order valence-electron chi connectivity index (χ1n) is 5.45. The summed E-state index contributed by atoms with van der Waals surface area (Å²) in [6.45, 7) is 3.11. The molecule has 0 saturated carbocycles. The van der Waals surface area contributed by atoms with Crippen molar-refractivity contribution >= 4 is 5.91 Å². The van der Waals surface area contributed by atoms with E-state index in [4.69, 9.17) is 10.5 Å². The van der Waals surface area contributed by atoms with E-state index in [0.717, 1.165) is 17.7 Å². The molecule has 1 amide bonds. The minimum atomic E-state index is -0.106. The Morgan fingerprint density at radius 3 is 2.88 bits per heavy atom. The van der Waals surface area contributed by atoms with Gasteiger partial charge in [-0.05, 0) is 31.5 Å². The van der Waals surface area contributed by atoms with Crippen molar-refractivity contribution in [3.05, 3.63) is 29.8 Å². The maximum atomic E-state index is 11.2. The molecule has 0 aliphatic carbocycles. The van der Waals surface area contributed by atoms with Crippen LogP contribution in [0.3, 0.4) is 0 Å². The normalized spacial score (nSPS) is 9.88. The maximum Gasteiger partial charge on any atom is 0.257 e. The predicted octanol–water partition coefficient (Wildman–Crippen LogP) is 0.703. The van der Waals surface area contributed by atoms with Crippen LogP contribution in [-0.2, 0) is 11.2 Å². The summed E-state index contributed by atoms with van der Waals surface area (Å²) in [6, 6.07) is 7.63. The van der Waals surface area contributed by atoms with Gasteiger partial charge in [0.25, 0.3) is 5.91 Å². The molecular formula is C12H18N2O2. The SMILES string of the molecule is CCNC(=O)COc1ccccc1CCN. The molecule has 0 aromatic heterocycles. The lowest BCUT2D eigenvalue weighted by atomic mass is 10.1. The fraction of sp³-hybridized carbons (Fsp3) is 0.417. The Balaban J connectivity index is 2.55. The van der Waals surface area contributed by atoms with Crippen LogP contribution < -0.4 is 15.8 Å². The summed E-state index contributed by atoms with van der Waals surface area (Å²) >= 11 is 0.